The molecule has 5 nitrogen and oxygen atoms in total. The van der Waals surface area contributed by atoms with E-state index in [1.165, 1.54) is 43.4 Å². The van der Waals surface area contributed by atoms with Crippen molar-refractivity contribution in [3.05, 3.63) is 5.01 Å². The van der Waals surface area contributed by atoms with Crippen molar-refractivity contribution in [1.29, 1.82) is 0 Å². The maximum atomic E-state index is 11.9. The first-order valence-corrected chi connectivity index (χ1v) is 7.33. The van der Waals surface area contributed by atoms with Gasteiger partial charge in [-0.05, 0) is 19.3 Å². The molecule has 0 bridgehead atoms. The number of hydrogen-bond donors (Lipinski definition) is 2. The molecule has 18 heavy (non-hydrogen) atoms. The van der Waals surface area contributed by atoms with Crippen molar-refractivity contribution in [2.75, 3.05) is 5.32 Å². The highest BCUT2D eigenvalue weighted by atomic mass is 32.1. The lowest BCUT2D eigenvalue weighted by molar-refractivity contribution is -0.117. The van der Waals surface area contributed by atoms with Gasteiger partial charge in [0.2, 0.25) is 11.0 Å². The third-order valence-corrected chi connectivity index (χ3v) is 4.16. The molecule has 1 amide bonds. The van der Waals surface area contributed by atoms with Crippen LogP contribution in [0.2, 0.25) is 0 Å². The van der Waals surface area contributed by atoms with Gasteiger partial charge in [0.25, 0.3) is 0 Å². The number of aromatic nitrogens is 2. The lowest BCUT2D eigenvalue weighted by Gasteiger charge is -2.23. The van der Waals surface area contributed by atoms with Crippen molar-refractivity contribution in [3.8, 4) is 0 Å². The first kappa shape index (κ1) is 13.4. The van der Waals surface area contributed by atoms with Crippen molar-refractivity contribution in [1.82, 2.24) is 10.2 Å². The molecule has 0 radical (unpaired) electrons. The quantitative estimate of drug-likeness (QED) is 0.876. The van der Waals surface area contributed by atoms with Crippen LogP contribution in [0.15, 0.2) is 0 Å². The van der Waals surface area contributed by atoms with Crippen LogP contribution in [0.5, 0.6) is 0 Å². The molecule has 0 saturated heterocycles. The van der Waals surface area contributed by atoms with Crippen LogP contribution in [-0.4, -0.2) is 22.1 Å². The van der Waals surface area contributed by atoms with Gasteiger partial charge in [0.15, 0.2) is 0 Å². The molecule has 100 valence electrons. The van der Waals surface area contributed by atoms with Crippen LogP contribution in [0.3, 0.4) is 0 Å². The van der Waals surface area contributed by atoms with E-state index in [0.29, 0.717) is 11.0 Å². The average molecular weight is 268 g/mol. The fraction of sp³-hybridized carbons (Fsp3) is 0.750. The normalized spacial score (nSPS) is 18.6. The van der Waals surface area contributed by atoms with Gasteiger partial charge in [-0.15, -0.1) is 10.2 Å². The Balaban J connectivity index is 1.80. The largest absolute Gasteiger partial charge is 0.320 e. The van der Waals surface area contributed by atoms with E-state index >= 15 is 0 Å². The number of carbonyl (C=O) groups is 1. The maximum absolute atomic E-state index is 11.9. The molecule has 2 rings (SSSR count). The van der Waals surface area contributed by atoms with Gasteiger partial charge in [-0.2, -0.15) is 0 Å². The Bertz CT molecular complexity index is 401. The molecule has 1 fully saturated rings. The van der Waals surface area contributed by atoms with Crippen LogP contribution >= 0.6 is 11.3 Å². The highest BCUT2D eigenvalue weighted by molar-refractivity contribution is 7.15. The molecule has 0 aliphatic heterocycles. The number of amides is 1. The minimum atomic E-state index is -0.433. The second-order valence-electron chi connectivity index (χ2n) is 4.96. The Morgan fingerprint density at radius 1 is 1.44 bits per heavy atom. The fourth-order valence-electron chi connectivity index (χ4n) is 2.43. The summed E-state index contributed by atoms with van der Waals surface area (Å²) in [6.07, 6.45) is 7.06. The standard InChI is InChI=1S/C12H20N4OS/c1-8-15-16-12(18-8)14-11(17)10(13)7-9-5-3-2-4-6-9/h9-10H,2-7,13H2,1H3,(H,14,16,17). The summed E-state index contributed by atoms with van der Waals surface area (Å²) in [6, 6.07) is -0.433. The zero-order valence-corrected chi connectivity index (χ0v) is 11.5. The molecule has 0 spiro atoms. The van der Waals surface area contributed by atoms with Gasteiger partial charge in [0, 0.05) is 0 Å². The Hall–Kier alpha value is -1.01. The molecule has 1 aliphatic rings. The van der Waals surface area contributed by atoms with Gasteiger partial charge in [0.1, 0.15) is 5.01 Å². The highest BCUT2D eigenvalue weighted by Gasteiger charge is 2.21. The Kier molecular flexibility index (Phi) is 4.66. The molecule has 0 aromatic carbocycles. The van der Waals surface area contributed by atoms with E-state index in [4.69, 9.17) is 5.73 Å². The first-order chi connectivity index (χ1) is 8.65. The van der Waals surface area contributed by atoms with Gasteiger partial charge in [-0.3, -0.25) is 10.1 Å². The van der Waals surface area contributed by atoms with Crippen LogP contribution in [0.1, 0.15) is 43.5 Å². The summed E-state index contributed by atoms with van der Waals surface area (Å²) in [5.74, 6) is 0.465. The minimum absolute atomic E-state index is 0.142. The fourth-order valence-corrected chi connectivity index (χ4v) is 3.03. The maximum Gasteiger partial charge on any atom is 0.243 e. The molecule has 6 heteroatoms. The van der Waals surface area contributed by atoms with Crippen LogP contribution in [-0.2, 0) is 4.79 Å². The van der Waals surface area contributed by atoms with E-state index in [1.807, 2.05) is 6.92 Å². The smallest absolute Gasteiger partial charge is 0.243 e. The Morgan fingerprint density at radius 2 is 2.17 bits per heavy atom. The zero-order valence-electron chi connectivity index (χ0n) is 10.7. The summed E-state index contributed by atoms with van der Waals surface area (Å²) in [5, 5.41) is 11.8. The number of nitrogens with zero attached hydrogens (tertiary/aromatic N) is 2. The number of nitrogens with one attached hydrogen (secondary N) is 1. The van der Waals surface area contributed by atoms with Crippen LogP contribution in [0, 0.1) is 12.8 Å². The van der Waals surface area contributed by atoms with E-state index in [0.717, 1.165) is 11.4 Å². The van der Waals surface area contributed by atoms with E-state index in [-0.39, 0.29) is 5.91 Å². The van der Waals surface area contributed by atoms with Gasteiger partial charge < -0.3 is 5.73 Å². The topological polar surface area (TPSA) is 80.9 Å². The van der Waals surface area contributed by atoms with Gasteiger partial charge in [-0.25, -0.2) is 0 Å². The third-order valence-electron chi connectivity index (χ3n) is 3.40. The number of carbonyl (C=O) groups excluding carboxylic acids is 1. The molecule has 1 aliphatic carbocycles. The van der Waals surface area contributed by atoms with E-state index in [1.54, 1.807) is 0 Å². The molecule has 1 saturated carbocycles. The second-order valence-corrected chi connectivity index (χ2v) is 6.14. The van der Waals surface area contributed by atoms with Crippen molar-refractivity contribution in [2.24, 2.45) is 11.7 Å². The number of rotatable bonds is 4. The van der Waals surface area contributed by atoms with E-state index in [2.05, 4.69) is 15.5 Å². The lowest BCUT2D eigenvalue weighted by atomic mass is 9.85. The molecule has 1 heterocycles. The van der Waals surface area contributed by atoms with Crippen LogP contribution < -0.4 is 11.1 Å². The summed E-state index contributed by atoms with van der Waals surface area (Å²) >= 11 is 1.37. The summed E-state index contributed by atoms with van der Waals surface area (Å²) in [6.45, 7) is 1.86. The molecular weight excluding hydrogens is 248 g/mol. The van der Waals surface area contributed by atoms with Crippen LogP contribution in [0.25, 0.3) is 0 Å². The number of anilines is 1. The number of hydrogen-bond acceptors (Lipinski definition) is 5. The molecular formula is C12H20N4OS. The van der Waals surface area contributed by atoms with Crippen molar-refractivity contribution < 1.29 is 4.79 Å². The van der Waals surface area contributed by atoms with Crippen molar-refractivity contribution >= 4 is 22.4 Å². The molecule has 3 N–H and O–H groups in total. The average Bonchev–Trinajstić information content (AvgIpc) is 2.76. The lowest BCUT2D eigenvalue weighted by Crippen LogP contribution is -2.37. The van der Waals surface area contributed by atoms with E-state index < -0.39 is 6.04 Å². The van der Waals surface area contributed by atoms with Crippen LogP contribution in [0.4, 0.5) is 5.13 Å². The predicted molar refractivity (Wildman–Crippen MR) is 72.4 cm³/mol. The monoisotopic (exact) mass is 268 g/mol. The van der Waals surface area contributed by atoms with Gasteiger partial charge in [0.05, 0.1) is 6.04 Å². The highest BCUT2D eigenvalue weighted by Crippen LogP contribution is 2.27. The van der Waals surface area contributed by atoms with Gasteiger partial charge in [-0.1, -0.05) is 43.4 Å². The summed E-state index contributed by atoms with van der Waals surface area (Å²) in [5.41, 5.74) is 5.95. The summed E-state index contributed by atoms with van der Waals surface area (Å²) in [4.78, 5) is 11.9. The van der Waals surface area contributed by atoms with Gasteiger partial charge >= 0.3 is 0 Å². The Morgan fingerprint density at radius 3 is 2.78 bits per heavy atom. The zero-order chi connectivity index (χ0) is 13.0. The van der Waals surface area contributed by atoms with Crippen molar-refractivity contribution in [2.45, 2.75) is 51.5 Å². The number of aryl methyl sites for hydroxylation is 1. The molecule has 1 aromatic rings. The molecule has 1 atom stereocenters. The van der Waals surface area contributed by atoms with Crippen molar-refractivity contribution in [3.63, 3.8) is 0 Å². The van der Waals surface area contributed by atoms with E-state index in [9.17, 15) is 4.79 Å². The minimum Gasteiger partial charge on any atom is -0.320 e. The second kappa shape index (κ2) is 6.24. The summed E-state index contributed by atoms with van der Waals surface area (Å²) < 4.78 is 0. The Labute approximate surface area is 111 Å². The first-order valence-electron chi connectivity index (χ1n) is 6.51. The SMILES string of the molecule is Cc1nnc(NC(=O)C(N)CC2CCCCC2)s1. The predicted octanol–water partition coefficient (Wildman–Crippen LogP) is 2.08. The molecule has 1 aromatic heterocycles. The third kappa shape index (κ3) is 3.74. The summed E-state index contributed by atoms with van der Waals surface area (Å²) in [7, 11) is 0. The number of nitrogens with two attached hydrogens (primary N) is 1. The molecule has 1 unspecified atom stereocenters.